The molecule has 0 amide bonds. The number of thioether (sulfide) groups is 1. The van der Waals surface area contributed by atoms with Gasteiger partial charge in [-0.15, -0.1) is 0 Å². The van der Waals surface area contributed by atoms with E-state index in [2.05, 4.69) is 11.6 Å². The van der Waals surface area contributed by atoms with Crippen molar-refractivity contribution >= 4 is 17.7 Å². The maximum atomic E-state index is 10.2. The van der Waals surface area contributed by atoms with Gasteiger partial charge in [0.1, 0.15) is 0 Å². The Morgan fingerprint density at radius 2 is 2.38 bits per heavy atom. The molecule has 1 saturated carbocycles. The predicted octanol–water partition coefficient (Wildman–Crippen LogP) is 1.46. The highest BCUT2D eigenvalue weighted by atomic mass is 32.2. The van der Waals surface area contributed by atoms with Gasteiger partial charge >= 0.3 is 5.97 Å². The molecule has 0 bridgehead atoms. The Morgan fingerprint density at radius 3 is 3.00 bits per heavy atom. The van der Waals surface area contributed by atoms with E-state index in [4.69, 9.17) is 5.11 Å². The molecular formula is C9H15NO2S. The minimum Gasteiger partial charge on any atom is -0.478 e. The highest BCUT2D eigenvalue weighted by Gasteiger charge is 2.24. The molecule has 0 radical (unpaired) electrons. The third kappa shape index (κ3) is 3.30. The van der Waals surface area contributed by atoms with E-state index in [0.29, 0.717) is 11.3 Å². The molecule has 1 aliphatic rings. The van der Waals surface area contributed by atoms with Gasteiger partial charge in [0.15, 0.2) is 0 Å². The Balaban J connectivity index is 2.31. The van der Waals surface area contributed by atoms with Crippen molar-refractivity contribution in [2.45, 2.75) is 30.6 Å². The van der Waals surface area contributed by atoms with Crippen LogP contribution in [-0.2, 0) is 4.79 Å². The molecule has 0 aliphatic heterocycles. The fraction of sp³-hybridized carbons (Fsp3) is 0.667. The van der Waals surface area contributed by atoms with Gasteiger partial charge in [0.05, 0.1) is 0 Å². The van der Waals surface area contributed by atoms with Crippen LogP contribution in [-0.4, -0.2) is 28.6 Å². The zero-order chi connectivity index (χ0) is 9.68. The smallest absolute Gasteiger partial charge is 0.329 e. The summed E-state index contributed by atoms with van der Waals surface area (Å²) in [5.74, 6) is -0.897. The second kappa shape index (κ2) is 5.17. The predicted molar refractivity (Wildman–Crippen MR) is 54.9 cm³/mol. The molecular weight excluding hydrogens is 186 g/mol. The lowest BCUT2D eigenvalue weighted by Gasteiger charge is -2.17. The fourth-order valence-corrected chi connectivity index (χ4v) is 2.59. The summed E-state index contributed by atoms with van der Waals surface area (Å²) in [6, 6.07) is 0.450. The Kier molecular flexibility index (Phi) is 4.15. The molecule has 0 aromatic heterocycles. The molecule has 0 saturated heterocycles. The van der Waals surface area contributed by atoms with Crippen LogP contribution < -0.4 is 5.32 Å². The molecule has 4 heteroatoms. The highest BCUT2D eigenvalue weighted by molar-refractivity contribution is 7.99. The Bertz CT molecular complexity index is 206. The van der Waals surface area contributed by atoms with Gasteiger partial charge in [-0.25, -0.2) is 4.79 Å². The molecule has 0 aromatic rings. The molecule has 13 heavy (non-hydrogen) atoms. The van der Waals surface area contributed by atoms with E-state index in [1.165, 1.54) is 12.8 Å². The number of aliphatic carboxylic acids is 1. The van der Waals surface area contributed by atoms with E-state index in [1.807, 2.05) is 11.8 Å². The van der Waals surface area contributed by atoms with E-state index in [0.717, 1.165) is 12.5 Å². The zero-order valence-electron chi connectivity index (χ0n) is 7.69. The molecule has 2 atom stereocenters. The van der Waals surface area contributed by atoms with E-state index in [-0.39, 0.29) is 0 Å². The first-order valence-corrected chi connectivity index (χ1v) is 5.71. The summed E-state index contributed by atoms with van der Waals surface area (Å²) in [7, 11) is 0. The molecule has 3 nitrogen and oxygen atoms in total. The number of hydrogen-bond acceptors (Lipinski definition) is 3. The third-order valence-electron chi connectivity index (χ3n) is 2.29. The first-order chi connectivity index (χ1) is 6.24. The van der Waals surface area contributed by atoms with Crippen LogP contribution in [0.15, 0.2) is 12.3 Å². The van der Waals surface area contributed by atoms with Crippen LogP contribution in [0.2, 0.25) is 0 Å². The zero-order valence-corrected chi connectivity index (χ0v) is 8.51. The molecule has 0 spiro atoms. The molecule has 74 valence electrons. The summed E-state index contributed by atoms with van der Waals surface area (Å²) in [4.78, 5) is 10.2. The Labute approximate surface area is 82.6 Å². The molecule has 1 aliphatic carbocycles. The number of carbonyl (C=O) groups is 1. The van der Waals surface area contributed by atoms with Crippen LogP contribution in [0, 0.1) is 0 Å². The van der Waals surface area contributed by atoms with Crippen molar-refractivity contribution in [3.8, 4) is 0 Å². The molecule has 0 aromatic carbocycles. The fourth-order valence-electron chi connectivity index (χ4n) is 1.64. The lowest BCUT2D eigenvalue weighted by atomic mass is 10.2. The summed E-state index contributed by atoms with van der Waals surface area (Å²) < 4.78 is 0. The summed E-state index contributed by atoms with van der Waals surface area (Å²) in [6.45, 7) is 0. The first kappa shape index (κ1) is 10.4. The lowest BCUT2D eigenvalue weighted by Crippen LogP contribution is -2.29. The van der Waals surface area contributed by atoms with E-state index < -0.39 is 5.97 Å². The van der Waals surface area contributed by atoms with Crippen LogP contribution in [0.5, 0.6) is 0 Å². The number of nitrogens with one attached hydrogen (secondary N) is 1. The van der Waals surface area contributed by atoms with E-state index >= 15 is 0 Å². The quantitative estimate of drug-likeness (QED) is 0.676. The van der Waals surface area contributed by atoms with Crippen molar-refractivity contribution in [1.82, 2.24) is 5.32 Å². The van der Waals surface area contributed by atoms with Gasteiger partial charge in [0.2, 0.25) is 0 Å². The van der Waals surface area contributed by atoms with Gasteiger partial charge in [-0.3, -0.25) is 0 Å². The summed E-state index contributed by atoms with van der Waals surface area (Å²) >= 11 is 1.86. The van der Waals surface area contributed by atoms with Crippen molar-refractivity contribution in [3.05, 3.63) is 12.3 Å². The van der Waals surface area contributed by atoms with Gasteiger partial charge in [-0.1, -0.05) is 6.42 Å². The average Bonchev–Trinajstić information content (AvgIpc) is 2.51. The number of carboxylic acids is 1. The topological polar surface area (TPSA) is 49.3 Å². The molecule has 1 fully saturated rings. The summed E-state index contributed by atoms with van der Waals surface area (Å²) in [5, 5.41) is 12.1. The van der Waals surface area contributed by atoms with Gasteiger partial charge in [0, 0.05) is 23.6 Å². The minimum atomic E-state index is -0.897. The Hall–Kier alpha value is -0.640. The van der Waals surface area contributed by atoms with E-state index in [1.54, 1.807) is 6.20 Å². The van der Waals surface area contributed by atoms with Crippen LogP contribution in [0.3, 0.4) is 0 Å². The summed E-state index contributed by atoms with van der Waals surface area (Å²) in [5.41, 5.74) is 0. The molecule has 1 rings (SSSR count). The standard InChI is InChI=1S/C9H15NO2S/c1-13-8-4-2-3-7(8)10-6-5-9(11)12/h5-8,10H,2-4H2,1H3,(H,11,12)/b6-5+. The van der Waals surface area contributed by atoms with Crippen LogP contribution in [0.1, 0.15) is 19.3 Å². The largest absolute Gasteiger partial charge is 0.478 e. The first-order valence-electron chi connectivity index (χ1n) is 4.42. The highest BCUT2D eigenvalue weighted by Crippen LogP contribution is 2.28. The van der Waals surface area contributed by atoms with Crippen molar-refractivity contribution in [1.29, 1.82) is 0 Å². The van der Waals surface area contributed by atoms with Crippen molar-refractivity contribution in [3.63, 3.8) is 0 Å². The van der Waals surface area contributed by atoms with E-state index in [9.17, 15) is 4.79 Å². The molecule has 0 heterocycles. The van der Waals surface area contributed by atoms with Crippen molar-refractivity contribution < 1.29 is 9.90 Å². The van der Waals surface area contributed by atoms with Crippen LogP contribution >= 0.6 is 11.8 Å². The van der Waals surface area contributed by atoms with Crippen LogP contribution in [0.4, 0.5) is 0 Å². The molecule has 2 unspecified atom stereocenters. The average molecular weight is 201 g/mol. The van der Waals surface area contributed by atoms with Crippen molar-refractivity contribution in [2.24, 2.45) is 0 Å². The second-order valence-electron chi connectivity index (χ2n) is 3.15. The normalized spacial score (nSPS) is 28.1. The van der Waals surface area contributed by atoms with Crippen LogP contribution in [0.25, 0.3) is 0 Å². The lowest BCUT2D eigenvalue weighted by molar-refractivity contribution is -0.131. The van der Waals surface area contributed by atoms with Gasteiger partial charge in [-0.05, 0) is 19.1 Å². The third-order valence-corrected chi connectivity index (χ3v) is 3.46. The van der Waals surface area contributed by atoms with Gasteiger partial charge in [0.25, 0.3) is 0 Å². The van der Waals surface area contributed by atoms with Crippen molar-refractivity contribution in [2.75, 3.05) is 6.26 Å². The number of hydrogen-bond donors (Lipinski definition) is 2. The summed E-state index contributed by atoms with van der Waals surface area (Å²) in [6.07, 6.45) is 8.42. The Morgan fingerprint density at radius 1 is 1.62 bits per heavy atom. The van der Waals surface area contributed by atoms with Gasteiger partial charge in [-0.2, -0.15) is 11.8 Å². The maximum Gasteiger partial charge on any atom is 0.329 e. The SMILES string of the molecule is CSC1CCCC1N/C=C/C(=O)O. The number of carboxylic acid groups (broad SMARTS) is 1. The van der Waals surface area contributed by atoms with Gasteiger partial charge < -0.3 is 10.4 Å². The number of rotatable bonds is 4. The maximum absolute atomic E-state index is 10.2. The minimum absolute atomic E-state index is 0.450. The molecule has 2 N–H and O–H groups in total. The second-order valence-corrected chi connectivity index (χ2v) is 4.23. The monoisotopic (exact) mass is 201 g/mol.